The van der Waals surface area contributed by atoms with Crippen molar-refractivity contribution in [2.24, 2.45) is 7.05 Å². The first-order valence-corrected chi connectivity index (χ1v) is 7.36. The Kier molecular flexibility index (Phi) is 3.15. The van der Waals surface area contributed by atoms with Crippen LogP contribution in [0.4, 0.5) is 4.39 Å². The summed E-state index contributed by atoms with van der Waals surface area (Å²) < 4.78 is 16.9. The van der Waals surface area contributed by atoms with E-state index in [1.165, 1.54) is 0 Å². The lowest BCUT2D eigenvalue weighted by Crippen LogP contribution is -1.94. The standard InChI is InChI=1S/C19H14FN3/c1-23-11-10-16-19(23)21-12-17(22-16)15-9-5-8-14(18(15)20)13-6-3-2-4-7-13/h2-12H,1H3. The number of aromatic nitrogens is 3. The highest BCUT2D eigenvalue weighted by Crippen LogP contribution is 2.30. The molecule has 0 atom stereocenters. The molecule has 0 saturated carbocycles. The van der Waals surface area contributed by atoms with Crippen LogP contribution in [0.25, 0.3) is 33.5 Å². The maximum absolute atomic E-state index is 15.0. The van der Waals surface area contributed by atoms with Gasteiger partial charge in [0.15, 0.2) is 5.65 Å². The van der Waals surface area contributed by atoms with Crippen molar-refractivity contribution >= 4 is 11.2 Å². The maximum Gasteiger partial charge on any atom is 0.158 e. The number of rotatable bonds is 2. The van der Waals surface area contributed by atoms with Gasteiger partial charge in [-0.15, -0.1) is 0 Å². The minimum absolute atomic E-state index is 0.275. The molecule has 2 heterocycles. The molecule has 0 aliphatic heterocycles. The van der Waals surface area contributed by atoms with Crippen molar-refractivity contribution < 1.29 is 4.39 Å². The predicted molar refractivity (Wildman–Crippen MR) is 89.3 cm³/mol. The maximum atomic E-state index is 15.0. The van der Waals surface area contributed by atoms with E-state index in [-0.39, 0.29) is 5.82 Å². The number of halogens is 1. The third-order valence-corrected chi connectivity index (χ3v) is 3.93. The van der Waals surface area contributed by atoms with E-state index in [1.807, 2.05) is 60.3 Å². The van der Waals surface area contributed by atoms with Crippen LogP contribution in [0.5, 0.6) is 0 Å². The SMILES string of the molecule is Cn1ccc2nc(-c3cccc(-c4ccccc4)c3F)cnc21. The third-order valence-electron chi connectivity index (χ3n) is 3.93. The molecular weight excluding hydrogens is 289 g/mol. The Balaban J connectivity index is 1.88. The van der Waals surface area contributed by atoms with Crippen LogP contribution < -0.4 is 0 Å². The summed E-state index contributed by atoms with van der Waals surface area (Å²) in [5.41, 5.74) is 3.96. The fourth-order valence-electron chi connectivity index (χ4n) is 2.73. The third kappa shape index (κ3) is 2.28. The molecule has 4 heteroatoms. The monoisotopic (exact) mass is 303 g/mol. The van der Waals surface area contributed by atoms with Crippen molar-refractivity contribution in [3.63, 3.8) is 0 Å². The van der Waals surface area contributed by atoms with E-state index in [4.69, 9.17) is 0 Å². The molecule has 0 unspecified atom stereocenters. The summed E-state index contributed by atoms with van der Waals surface area (Å²) in [7, 11) is 1.91. The van der Waals surface area contributed by atoms with Crippen LogP contribution >= 0.6 is 0 Å². The Labute approximate surface area is 133 Å². The average Bonchev–Trinajstić information content (AvgIpc) is 2.96. The smallest absolute Gasteiger partial charge is 0.158 e. The van der Waals surface area contributed by atoms with Crippen LogP contribution in [-0.4, -0.2) is 14.5 Å². The van der Waals surface area contributed by atoms with Crippen LogP contribution in [0.2, 0.25) is 0 Å². The molecule has 3 nitrogen and oxygen atoms in total. The van der Waals surface area contributed by atoms with Gasteiger partial charge in [0.05, 0.1) is 11.9 Å². The van der Waals surface area contributed by atoms with Gasteiger partial charge in [0.25, 0.3) is 0 Å². The Morgan fingerprint density at radius 3 is 2.52 bits per heavy atom. The fourth-order valence-corrected chi connectivity index (χ4v) is 2.73. The lowest BCUT2D eigenvalue weighted by atomic mass is 10.0. The van der Waals surface area contributed by atoms with Gasteiger partial charge < -0.3 is 4.57 Å². The van der Waals surface area contributed by atoms with Crippen molar-refractivity contribution in [2.45, 2.75) is 0 Å². The van der Waals surface area contributed by atoms with Crippen LogP contribution in [0.15, 0.2) is 67.0 Å². The molecule has 0 aliphatic rings. The van der Waals surface area contributed by atoms with Crippen molar-refractivity contribution in [1.82, 2.24) is 14.5 Å². The van der Waals surface area contributed by atoms with E-state index in [1.54, 1.807) is 18.3 Å². The van der Waals surface area contributed by atoms with Gasteiger partial charge in [0.1, 0.15) is 11.3 Å². The summed E-state index contributed by atoms with van der Waals surface area (Å²) >= 11 is 0. The van der Waals surface area contributed by atoms with Gasteiger partial charge in [-0.3, -0.25) is 0 Å². The van der Waals surface area contributed by atoms with E-state index in [0.717, 1.165) is 16.7 Å². The fraction of sp³-hybridized carbons (Fsp3) is 0.0526. The first-order chi connectivity index (χ1) is 11.2. The first kappa shape index (κ1) is 13.6. The molecule has 2 aromatic heterocycles. The summed E-state index contributed by atoms with van der Waals surface area (Å²) in [6, 6.07) is 16.8. The zero-order valence-electron chi connectivity index (χ0n) is 12.6. The second-order valence-electron chi connectivity index (χ2n) is 5.42. The molecule has 4 rings (SSSR count). The van der Waals surface area contributed by atoms with Gasteiger partial charge in [-0.05, 0) is 17.7 Å². The molecule has 0 radical (unpaired) electrons. The van der Waals surface area contributed by atoms with Crippen molar-refractivity contribution in [2.75, 3.05) is 0 Å². The molecule has 0 N–H and O–H groups in total. The van der Waals surface area contributed by atoms with Gasteiger partial charge >= 0.3 is 0 Å². The van der Waals surface area contributed by atoms with E-state index >= 15 is 0 Å². The van der Waals surface area contributed by atoms with E-state index in [9.17, 15) is 4.39 Å². The van der Waals surface area contributed by atoms with E-state index < -0.39 is 0 Å². The van der Waals surface area contributed by atoms with Crippen LogP contribution in [0.3, 0.4) is 0 Å². The number of hydrogen-bond donors (Lipinski definition) is 0. The lowest BCUT2D eigenvalue weighted by Gasteiger charge is -2.08. The molecule has 4 aromatic rings. The molecular formula is C19H14FN3. The molecule has 0 amide bonds. The molecule has 0 spiro atoms. The van der Waals surface area contributed by atoms with Crippen LogP contribution in [0, 0.1) is 5.82 Å². The van der Waals surface area contributed by atoms with Crippen molar-refractivity contribution in [3.05, 3.63) is 72.8 Å². The highest BCUT2D eigenvalue weighted by atomic mass is 19.1. The molecule has 0 bridgehead atoms. The second kappa shape index (κ2) is 5.32. The van der Waals surface area contributed by atoms with Gasteiger partial charge in [0, 0.05) is 24.4 Å². The number of nitrogens with zero attached hydrogens (tertiary/aromatic N) is 3. The van der Waals surface area contributed by atoms with E-state index in [0.29, 0.717) is 16.8 Å². The Morgan fingerprint density at radius 2 is 1.70 bits per heavy atom. The number of aryl methyl sites for hydroxylation is 1. The zero-order chi connectivity index (χ0) is 15.8. The Morgan fingerprint density at radius 1 is 0.913 bits per heavy atom. The molecule has 0 aliphatic carbocycles. The first-order valence-electron chi connectivity index (χ1n) is 7.36. The highest BCUT2D eigenvalue weighted by molar-refractivity contribution is 5.77. The van der Waals surface area contributed by atoms with Crippen molar-refractivity contribution in [1.29, 1.82) is 0 Å². The van der Waals surface area contributed by atoms with Crippen molar-refractivity contribution in [3.8, 4) is 22.4 Å². The van der Waals surface area contributed by atoms with Crippen LogP contribution in [-0.2, 0) is 7.05 Å². The second-order valence-corrected chi connectivity index (χ2v) is 5.42. The van der Waals surface area contributed by atoms with Gasteiger partial charge in [-0.2, -0.15) is 0 Å². The Bertz CT molecular complexity index is 990. The largest absolute Gasteiger partial charge is 0.334 e. The lowest BCUT2D eigenvalue weighted by molar-refractivity contribution is 0.634. The number of fused-ring (bicyclic) bond motifs is 1. The molecule has 112 valence electrons. The molecule has 2 aromatic carbocycles. The highest BCUT2D eigenvalue weighted by Gasteiger charge is 2.13. The van der Waals surface area contributed by atoms with Gasteiger partial charge in [0.2, 0.25) is 0 Å². The number of hydrogen-bond acceptors (Lipinski definition) is 2. The minimum atomic E-state index is -0.275. The average molecular weight is 303 g/mol. The van der Waals surface area contributed by atoms with Gasteiger partial charge in [-0.25, -0.2) is 14.4 Å². The zero-order valence-corrected chi connectivity index (χ0v) is 12.6. The quantitative estimate of drug-likeness (QED) is 0.548. The summed E-state index contributed by atoms with van der Waals surface area (Å²) in [5.74, 6) is -0.275. The normalized spacial score (nSPS) is 11.0. The predicted octanol–water partition coefficient (Wildman–Crippen LogP) is 4.44. The summed E-state index contributed by atoms with van der Waals surface area (Å²) in [5, 5.41) is 0. The van der Waals surface area contributed by atoms with Gasteiger partial charge in [-0.1, -0.05) is 42.5 Å². The summed E-state index contributed by atoms with van der Waals surface area (Å²) in [6.45, 7) is 0. The number of benzene rings is 2. The van der Waals surface area contributed by atoms with E-state index in [2.05, 4.69) is 9.97 Å². The minimum Gasteiger partial charge on any atom is -0.334 e. The van der Waals surface area contributed by atoms with Crippen LogP contribution in [0.1, 0.15) is 0 Å². The topological polar surface area (TPSA) is 30.7 Å². The Hall–Kier alpha value is -3.01. The summed E-state index contributed by atoms with van der Waals surface area (Å²) in [6.07, 6.45) is 3.51. The molecule has 0 saturated heterocycles. The molecule has 23 heavy (non-hydrogen) atoms. The molecule has 0 fully saturated rings. The summed E-state index contributed by atoms with van der Waals surface area (Å²) in [4.78, 5) is 8.93.